The predicted molar refractivity (Wildman–Crippen MR) is 93.6 cm³/mol. The molecule has 0 amide bonds. The molecule has 0 N–H and O–H groups in total. The van der Waals surface area contributed by atoms with Gasteiger partial charge < -0.3 is 18.9 Å². The highest BCUT2D eigenvalue weighted by molar-refractivity contribution is 7.09. The highest BCUT2D eigenvalue weighted by atomic mass is 32.1. The zero-order valence-electron chi connectivity index (χ0n) is 14.2. The van der Waals surface area contributed by atoms with E-state index in [-0.39, 0.29) is 11.6 Å². The van der Waals surface area contributed by atoms with Crippen molar-refractivity contribution in [3.63, 3.8) is 0 Å². The van der Waals surface area contributed by atoms with Gasteiger partial charge in [-0.05, 0) is 25.1 Å². The van der Waals surface area contributed by atoms with Crippen LogP contribution in [0.3, 0.4) is 0 Å². The highest BCUT2D eigenvalue weighted by Crippen LogP contribution is 2.39. The number of hydrogen-bond donors (Lipinski definition) is 0. The topological polar surface area (TPSA) is 79.2 Å². The van der Waals surface area contributed by atoms with Crippen LogP contribution in [0.2, 0.25) is 0 Å². The van der Waals surface area contributed by atoms with E-state index >= 15 is 0 Å². The minimum Gasteiger partial charge on any atom is -0.493 e. The summed E-state index contributed by atoms with van der Waals surface area (Å²) in [6.45, 7) is 1.89. The molecule has 0 fully saturated rings. The molecule has 2 aromatic rings. The van der Waals surface area contributed by atoms with E-state index in [1.165, 1.54) is 32.7 Å². The number of hydrogen-bond acceptors (Lipinski definition) is 8. The first kappa shape index (κ1) is 17.0. The van der Waals surface area contributed by atoms with Gasteiger partial charge in [-0.25, -0.2) is 14.8 Å². The Balaban J connectivity index is 2.00. The molecule has 0 spiro atoms. The molecule has 0 saturated carbocycles. The van der Waals surface area contributed by atoms with Gasteiger partial charge in [-0.15, -0.1) is 11.3 Å². The smallest absolute Gasteiger partial charge is 0.363 e. The second kappa shape index (κ2) is 6.94. The van der Waals surface area contributed by atoms with E-state index in [9.17, 15) is 4.79 Å². The lowest BCUT2D eigenvalue weighted by Gasteiger charge is -2.13. The molecule has 1 aliphatic rings. The summed E-state index contributed by atoms with van der Waals surface area (Å²) in [6, 6.07) is 3.34. The van der Waals surface area contributed by atoms with Crippen LogP contribution in [0.4, 0.5) is 0 Å². The molecule has 130 valence electrons. The summed E-state index contributed by atoms with van der Waals surface area (Å²) in [4.78, 5) is 20.6. The summed E-state index contributed by atoms with van der Waals surface area (Å²) in [5.41, 5.74) is 1.40. The molecule has 25 heavy (non-hydrogen) atoms. The fraction of sp³-hybridized carbons (Fsp3) is 0.235. The fourth-order valence-electron chi connectivity index (χ4n) is 2.32. The third-order valence-corrected chi connectivity index (χ3v) is 4.25. The van der Waals surface area contributed by atoms with Gasteiger partial charge in [0.1, 0.15) is 0 Å². The van der Waals surface area contributed by atoms with Crippen molar-refractivity contribution in [2.45, 2.75) is 6.92 Å². The van der Waals surface area contributed by atoms with Gasteiger partial charge in [0.05, 0.1) is 32.0 Å². The molecule has 0 radical (unpaired) electrons. The number of carbonyl (C=O) groups is 1. The Morgan fingerprint density at radius 1 is 1.12 bits per heavy atom. The van der Waals surface area contributed by atoms with E-state index in [0.29, 0.717) is 28.5 Å². The molecule has 0 saturated heterocycles. The number of thiazole rings is 1. The molecule has 3 rings (SSSR count). The van der Waals surface area contributed by atoms with Crippen molar-refractivity contribution in [2.75, 3.05) is 21.3 Å². The van der Waals surface area contributed by atoms with E-state index < -0.39 is 5.97 Å². The van der Waals surface area contributed by atoms with Crippen molar-refractivity contribution < 1.29 is 23.7 Å². The van der Waals surface area contributed by atoms with Crippen LogP contribution in [0.1, 0.15) is 16.3 Å². The normalized spacial score (nSPS) is 15.1. The fourth-order valence-corrected chi connectivity index (χ4v) is 2.89. The summed E-state index contributed by atoms with van der Waals surface area (Å²) in [5, 5.41) is 2.76. The van der Waals surface area contributed by atoms with Gasteiger partial charge in [0.2, 0.25) is 11.6 Å². The molecule has 0 atom stereocenters. The number of ether oxygens (including phenoxy) is 4. The van der Waals surface area contributed by atoms with Gasteiger partial charge in [-0.2, -0.15) is 0 Å². The van der Waals surface area contributed by atoms with E-state index in [4.69, 9.17) is 18.9 Å². The lowest BCUT2D eigenvalue weighted by molar-refractivity contribution is -0.129. The maximum absolute atomic E-state index is 12.1. The number of aryl methyl sites for hydroxylation is 1. The van der Waals surface area contributed by atoms with Crippen LogP contribution >= 0.6 is 11.3 Å². The Bertz CT molecular complexity index is 860. The number of benzene rings is 1. The maximum Gasteiger partial charge on any atom is 0.363 e. The van der Waals surface area contributed by atoms with E-state index in [1.807, 2.05) is 12.3 Å². The summed E-state index contributed by atoms with van der Waals surface area (Å²) in [7, 11) is 4.54. The van der Waals surface area contributed by atoms with Crippen molar-refractivity contribution in [3.8, 4) is 17.2 Å². The van der Waals surface area contributed by atoms with Crippen LogP contribution in [0.5, 0.6) is 17.2 Å². The van der Waals surface area contributed by atoms with Crippen LogP contribution < -0.4 is 14.2 Å². The van der Waals surface area contributed by atoms with E-state index in [2.05, 4.69) is 9.98 Å². The predicted octanol–water partition coefficient (Wildman–Crippen LogP) is 2.82. The zero-order valence-corrected chi connectivity index (χ0v) is 15.0. The van der Waals surface area contributed by atoms with Gasteiger partial charge in [-0.1, -0.05) is 0 Å². The standard InChI is InChI=1S/C17H16N2O5S/c1-9-18-11(8-25-9)7-12-17(20)24-16(19-12)10-5-13(21-2)15(23-4)14(6-10)22-3/h5-8H,1-4H3/b12-7+. The second-order valence-electron chi connectivity index (χ2n) is 5.04. The van der Waals surface area contributed by atoms with E-state index in [1.54, 1.807) is 18.2 Å². The molecule has 7 nitrogen and oxygen atoms in total. The van der Waals surface area contributed by atoms with Crippen LogP contribution in [-0.2, 0) is 9.53 Å². The number of methoxy groups -OCH3 is 3. The minimum absolute atomic E-state index is 0.169. The molecular weight excluding hydrogens is 344 g/mol. The Morgan fingerprint density at radius 3 is 2.32 bits per heavy atom. The molecule has 1 aromatic carbocycles. The number of aliphatic imine (C=N–C) groups is 1. The lowest BCUT2D eigenvalue weighted by atomic mass is 10.2. The van der Waals surface area contributed by atoms with Crippen molar-refractivity contribution in [3.05, 3.63) is 39.5 Å². The SMILES string of the molecule is COc1cc(C2=N/C(=C/c3csc(C)n3)C(=O)O2)cc(OC)c1OC. The molecule has 0 bridgehead atoms. The number of aromatic nitrogens is 1. The quantitative estimate of drug-likeness (QED) is 0.603. The average Bonchev–Trinajstić information content (AvgIpc) is 3.19. The Kier molecular flexibility index (Phi) is 4.71. The van der Waals surface area contributed by atoms with Crippen LogP contribution in [0.15, 0.2) is 28.2 Å². The number of esters is 1. The maximum atomic E-state index is 12.1. The summed E-state index contributed by atoms with van der Waals surface area (Å²) in [6.07, 6.45) is 1.59. The number of cyclic esters (lactones) is 1. The Morgan fingerprint density at radius 2 is 1.80 bits per heavy atom. The second-order valence-corrected chi connectivity index (χ2v) is 6.10. The molecule has 0 aliphatic carbocycles. The average molecular weight is 360 g/mol. The third kappa shape index (κ3) is 3.34. The molecule has 1 aromatic heterocycles. The Labute approximate surface area is 148 Å². The summed E-state index contributed by atoms with van der Waals surface area (Å²) >= 11 is 1.50. The van der Waals surface area contributed by atoms with Crippen LogP contribution in [0, 0.1) is 6.92 Å². The highest BCUT2D eigenvalue weighted by Gasteiger charge is 2.26. The first-order chi connectivity index (χ1) is 12.0. The van der Waals surface area contributed by atoms with E-state index in [0.717, 1.165) is 5.01 Å². The molecular formula is C17H16N2O5S. The van der Waals surface area contributed by atoms with Crippen molar-refractivity contribution in [1.29, 1.82) is 0 Å². The first-order valence-electron chi connectivity index (χ1n) is 7.30. The Hall–Kier alpha value is -2.87. The molecule has 0 unspecified atom stereocenters. The largest absolute Gasteiger partial charge is 0.493 e. The van der Waals surface area contributed by atoms with Crippen molar-refractivity contribution >= 4 is 29.3 Å². The summed E-state index contributed by atoms with van der Waals surface area (Å²) < 4.78 is 21.2. The van der Waals surface area contributed by atoms with Gasteiger partial charge in [-0.3, -0.25) is 0 Å². The van der Waals surface area contributed by atoms with Crippen LogP contribution in [0.25, 0.3) is 6.08 Å². The van der Waals surface area contributed by atoms with Gasteiger partial charge >= 0.3 is 5.97 Å². The third-order valence-electron chi connectivity index (χ3n) is 3.45. The van der Waals surface area contributed by atoms with Gasteiger partial charge in [0.15, 0.2) is 17.2 Å². The van der Waals surface area contributed by atoms with Gasteiger partial charge in [0.25, 0.3) is 0 Å². The zero-order chi connectivity index (χ0) is 18.0. The monoisotopic (exact) mass is 360 g/mol. The van der Waals surface area contributed by atoms with Crippen molar-refractivity contribution in [2.24, 2.45) is 4.99 Å². The van der Waals surface area contributed by atoms with Crippen LogP contribution in [-0.4, -0.2) is 38.2 Å². The molecule has 8 heteroatoms. The molecule has 1 aliphatic heterocycles. The number of nitrogens with zero attached hydrogens (tertiary/aromatic N) is 2. The van der Waals surface area contributed by atoms with Gasteiger partial charge in [0, 0.05) is 10.9 Å². The number of rotatable bonds is 5. The number of carbonyl (C=O) groups excluding carboxylic acids is 1. The molecule has 2 heterocycles. The summed E-state index contributed by atoms with van der Waals surface area (Å²) in [5.74, 6) is 0.982. The minimum atomic E-state index is -0.533. The lowest BCUT2D eigenvalue weighted by Crippen LogP contribution is -2.06. The first-order valence-corrected chi connectivity index (χ1v) is 8.18. The van der Waals surface area contributed by atoms with Crippen molar-refractivity contribution in [1.82, 2.24) is 4.98 Å².